The first-order chi connectivity index (χ1) is 9.58. The van der Waals surface area contributed by atoms with Crippen LogP contribution in [0.25, 0.3) is 0 Å². The van der Waals surface area contributed by atoms with Crippen molar-refractivity contribution in [2.24, 2.45) is 10.8 Å². The van der Waals surface area contributed by atoms with Crippen molar-refractivity contribution in [2.75, 3.05) is 5.32 Å². The smallest absolute Gasteiger partial charge is 0.292 e. The predicted molar refractivity (Wildman–Crippen MR) is 86.7 cm³/mol. The Bertz CT molecular complexity index is 534. The SMILES string of the molecule is Cc1ccc(NC2CC(C)(C)CC(C)(C)C2)c([N+](=O)[O-])c1. The van der Waals surface area contributed by atoms with E-state index in [2.05, 4.69) is 33.0 Å². The largest absolute Gasteiger partial charge is 0.377 e. The van der Waals surface area contributed by atoms with E-state index in [4.69, 9.17) is 0 Å². The molecular weight excluding hydrogens is 264 g/mol. The van der Waals surface area contributed by atoms with E-state index in [1.807, 2.05) is 19.1 Å². The van der Waals surface area contributed by atoms with E-state index >= 15 is 0 Å². The van der Waals surface area contributed by atoms with Gasteiger partial charge in [-0.1, -0.05) is 33.8 Å². The van der Waals surface area contributed by atoms with Crippen molar-refractivity contribution < 1.29 is 4.92 Å². The van der Waals surface area contributed by atoms with E-state index < -0.39 is 0 Å². The maximum atomic E-state index is 11.2. The molecule has 1 saturated carbocycles. The molecule has 116 valence electrons. The summed E-state index contributed by atoms with van der Waals surface area (Å²) < 4.78 is 0. The lowest BCUT2D eigenvalue weighted by molar-refractivity contribution is -0.384. The zero-order valence-corrected chi connectivity index (χ0v) is 13.7. The van der Waals surface area contributed by atoms with Crippen molar-refractivity contribution >= 4 is 11.4 Å². The van der Waals surface area contributed by atoms with Gasteiger partial charge in [0.15, 0.2) is 0 Å². The zero-order chi connectivity index (χ0) is 15.8. The summed E-state index contributed by atoms with van der Waals surface area (Å²) in [5.74, 6) is 0. The van der Waals surface area contributed by atoms with Gasteiger partial charge in [0.25, 0.3) is 5.69 Å². The Morgan fingerprint density at radius 3 is 2.29 bits per heavy atom. The number of nitrogens with zero attached hydrogens (tertiary/aromatic N) is 1. The fourth-order valence-corrected chi connectivity index (χ4v) is 4.08. The first-order valence-electron chi connectivity index (χ1n) is 7.60. The summed E-state index contributed by atoms with van der Waals surface area (Å²) in [6, 6.07) is 5.68. The molecule has 1 fully saturated rings. The lowest BCUT2D eigenvalue weighted by Crippen LogP contribution is -2.40. The molecule has 0 bridgehead atoms. The Hall–Kier alpha value is -1.58. The molecule has 1 aromatic carbocycles. The van der Waals surface area contributed by atoms with Crippen LogP contribution in [0.5, 0.6) is 0 Å². The van der Waals surface area contributed by atoms with Gasteiger partial charge in [0, 0.05) is 12.1 Å². The number of hydrogen-bond acceptors (Lipinski definition) is 3. The van der Waals surface area contributed by atoms with Gasteiger partial charge in [-0.3, -0.25) is 10.1 Å². The fraction of sp³-hybridized carbons (Fsp3) is 0.647. The third kappa shape index (κ3) is 3.96. The van der Waals surface area contributed by atoms with E-state index in [0.29, 0.717) is 5.69 Å². The van der Waals surface area contributed by atoms with E-state index in [9.17, 15) is 10.1 Å². The molecule has 4 nitrogen and oxygen atoms in total. The number of rotatable bonds is 3. The first kappa shape index (κ1) is 15.8. The topological polar surface area (TPSA) is 55.2 Å². The van der Waals surface area contributed by atoms with Gasteiger partial charge in [-0.15, -0.1) is 0 Å². The maximum absolute atomic E-state index is 11.2. The summed E-state index contributed by atoms with van der Waals surface area (Å²) in [6.45, 7) is 11.0. The summed E-state index contributed by atoms with van der Waals surface area (Å²) in [6.07, 6.45) is 3.27. The average molecular weight is 290 g/mol. The second-order valence-electron chi connectivity index (χ2n) is 8.03. The third-order valence-corrected chi connectivity index (χ3v) is 4.26. The molecule has 1 aliphatic carbocycles. The normalized spacial score (nSPS) is 21.0. The van der Waals surface area contributed by atoms with Crippen LogP contribution in [-0.2, 0) is 0 Å². The lowest BCUT2D eigenvalue weighted by Gasteiger charge is -2.45. The van der Waals surface area contributed by atoms with Gasteiger partial charge >= 0.3 is 0 Å². The standard InChI is InChI=1S/C17H26N2O2/c1-12-6-7-14(15(8-12)19(20)21)18-13-9-16(2,3)11-17(4,5)10-13/h6-8,13,18H,9-11H2,1-5H3. The van der Waals surface area contributed by atoms with Crippen LogP contribution in [0, 0.1) is 27.9 Å². The number of nitro groups is 1. The Kier molecular flexibility index (Phi) is 4.00. The second kappa shape index (κ2) is 5.32. The Morgan fingerprint density at radius 2 is 1.76 bits per heavy atom. The van der Waals surface area contributed by atoms with Crippen LogP contribution in [0.15, 0.2) is 18.2 Å². The van der Waals surface area contributed by atoms with Crippen LogP contribution in [0.4, 0.5) is 11.4 Å². The van der Waals surface area contributed by atoms with Crippen LogP contribution < -0.4 is 5.32 Å². The monoisotopic (exact) mass is 290 g/mol. The van der Waals surface area contributed by atoms with Crippen molar-refractivity contribution in [2.45, 2.75) is 59.9 Å². The summed E-state index contributed by atoms with van der Waals surface area (Å²) in [7, 11) is 0. The first-order valence-corrected chi connectivity index (χ1v) is 7.60. The van der Waals surface area contributed by atoms with Crippen LogP contribution in [0.3, 0.4) is 0 Å². The van der Waals surface area contributed by atoms with Crippen molar-refractivity contribution in [1.82, 2.24) is 0 Å². The molecule has 0 radical (unpaired) electrons. The average Bonchev–Trinajstić information content (AvgIpc) is 2.27. The summed E-state index contributed by atoms with van der Waals surface area (Å²) >= 11 is 0. The van der Waals surface area contributed by atoms with Gasteiger partial charge in [0.05, 0.1) is 4.92 Å². The quantitative estimate of drug-likeness (QED) is 0.635. The zero-order valence-electron chi connectivity index (χ0n) is 13.7. The lowest BCUT2D eigenvalue weighted by atomic mass is 9.63. The fourth-order valence-electron chi connectivity index (χ4n) is 4.08. The van der Waals surface area contributed by atoms with Gasteiger partial charge in [-0.25, -0.2) is 0 Å². The molecule has 1 N–H and O–H groups in total. The molecule has 1 aromatic rings. The molecule has 0 aromatic heterocycles. The van der Waals surface area contributed by atoms with Crippen LogP contribution >= 0.6 is 0 Å². The van der Waals surface area contributed by atoms with E-state index in [1.54, 1.807) is 6.07 Å². The van der Waals surface area contributed by atoms with Crippen LogP contribution in [0.2, 0.25) is 0 Å². The van der Waals surface area contributed by atoms with Gasteiger partial charge in [0.1, 0.15) is 5.69 Å². The van der Waals surface area contributed by atoms with Crippen molar-refractivity contribution in [3.05, 3.63) is 33.9 Å². The third-order valence-electron chi connectivity index (χ3n) is 4.26. The van der Waals surface area contributed by atoms with Crippen LogP contribution in [0.1, 0.15) is 52.5 Å². The molecule has 0 amide bonds. The summed E-state index contributed by atoms with van der Waals surface area (Å²) in [5, 5.41) is 14.7. The van der Waals surface area contributed by atoms with Crippen molar-refractivity contribution in [1.29, 1.82) is 0 Å². The number of anilines is 1. The van der Waals surface area contributed by atoms with Gasteiger partial charge in [-0.05, 0) is 48.6 Å². The summed E-state index contributed by atoms with van der Waals surface area (Å²) in [4.78, 5) is 10.9. The Morgan fingerprint density at radius 1 is 1.19 bits per heavy atom. The highest BCUT2D eigenvalue weighted by Gasteiger charge is 2.38. The van der Waals surface area contributed by atoms with E-state index in [0.717, 1.165) is 18.4 Å². The van der Waals surface area contributed by atoms with Gasteiger partial charge < -0.3 is 5.32 Å². The molecule has 0 unspecified atom stereocenters. The molecule has 1 aliphatic rings. The van der Waals surface area contributed by atoms with Crippen molar-refractivity contribution in [3.8, 4) is 0 Å². The minimum absolute atomic E-state index is 0.177. The number of benzene rings is 1. The highest BCUT2D eigenvalue weighted by atomic mass is 16.6. The molecule has 21 heavy (non-hydrogen) atoms. The number of nitro benzene ring substituents is 1. The minimum atomic E-state index is -0.297. The molecule has 0 heterocycles. The van der Waals surface area contributed by atoms with Crippen molar-refractivity contribution in [3.63, 3.8) is 0 Å². The predicted octanol–water partition coefficient (Wildman–Crippen LogP) is 4.92. The highest BCUT2D eigenvalue weighted by molar-refractivity contribution is 5.63. The van der Waals surface area contributed by atoms with Gasteiger partial charge in [-0.2, -0.15) is 0 Å². The molecular formula is C17H26N2O2. The summed E-state index contributed by atoms with van der Waals surface area (Å²) in [5.41, 5.74) is 2.26. The molecule has 0 spiro atoms. The Balaban J connectivity index is 2.24. The number of hydrogen-bond donors (Lipinski definition) is 1. The minimum Gasteiger partial charge on any atom is -0.377 e. The molecule has 2 rings (SSSR count). The molecule has 4 heteroatoms. The number of aryl methyl sites for hydroxylation is 1. The van der Waals surface area contributed by atoms with E-state index in [1.165, 1.54) is 6.42 Å². The number of nitrogens with one attached hydrogen (secondary N) is 1. The highest BCUT2D eigenvalue weighted by Crippen LogP contribution is 2.46. The van der Waals surface area contributed by atoms with Crippen LogP contribution in [-0.4, -0.2) is 11.0 Å². The maximum Gasteiger partial charge on any atom is 0.292 e. The Labute approximate surface area is 127 Å². The van der Waals surface area contributed by atoms with E-state index in [-0.39, 0.29) is 27.5 Å². The molecule has 0 aliphatic heterocycles. The second-order valence-corrected chi connectivity index (χ2v) is 8.03. The molecule has 0 atom stereocenters. The molecule has 0 saturated heterocycles. The van der Waals surface area contributed by atoms with Gasteiger partial charge in [0.2, 0.25) is 0 Å².